The fraction of sp³-hybridized carbons (Fsp3) is 0.435. The third-order valence-corrected chi connectivity index (χ3v) is 6.22. The van der Waals surface area contributed by atoms with Crippen molar-refractivity contribution in [2.24, 2.45) is 11.8 Å². The number of aromatic nitrogens is 1. The molecule has 6 nitrogen and oxygen atoms in total. The Labute approximate surface area is 170 Å². The number of carbonyl (C=O) groups excluding carboxylic acids is 2. The number of rotatable bonds is 7. The summed E-state index contributed by atoms with van der Waals surface area (Å²) in [6.45, 7) is 3.37. The number of carbonyl (C=O) groups is 2. The average Bonchev–Trinajstić information content (AvgIpc) is 3.29. The van der Waals surface area contributed by atoms with Gasteiger partial charge < -0.3 is 15.2 Å². The van der Waals surface area contributed by atoms with Gasteiger partial charge in [0.1, 0.15) is 5.56 Å². The van der Waals surface area contributed by atoms with E-state index in [9.17, 15) is 14.4 Å². The lowest BCUT2D eigenvalue weighted by Crippen LogP contribution is -2.32. The van der Waals surface area contributed by atoms with E-state index in [0.29, 0.717) is 30.4 Å². The third kappa shape index (κ3) is 3.84. The average molecular weight is 393 g/mol. The topological polar surface area (TPSA) is 80.2 Å². The van der Waals surface area contributed by atoms with E-state index >= 15 is 0 Å². The van der Waals surface area contributed by atoms with E-state index < -0.39 is 5.91 Å². The van der Waals surface area contributed by atoms with Gasteiger partial charge in [0.05, 0.1) is 6.54 Å². The summed E-state index contributed by atoms with van der Waals surface area (Å²) in [5.74, 6) is 0.600. The van der Waals surface area contributed by atoms with Gasteiger partial charge in [-0.2, -0.15) is 0 Å². The third-order valence-electron chi connectivity index (χ3n) is 6.22. The van der Waals surface area contributed by atoms with Crippen LogP contribution in [-0.2, 0) is 13.0 Å². The van der Waals surface area contributed by atoms with Crippen LogP contribution in [0.2, 0.25) is 0 Å². The monoisotopic (exact) mass is 393 g/mol. The minimum Gasteiger partial charge on any atom is -0.384 e. The highest BCUT2D eigenvalue weighted by Crippen LogP contribution is 2.44. The van der Waals surface area contributed by atoms with Crippen LogP contribution < -0.4 is 16.2 Å². The normalized spacial score (nSPS) is 19.4. The SMILES string of the molecule is CC[C@H]1C[C@@H]1CC(=O)c1cc(C(=O)NC)c(=O)n(Cc2cccc3c2CCN3)c1. The van der Waals surface area contributed by atoms with Crippen molar-refractivity contribution in [1.29, 1.82) is 0 Å². The molecule has 2 N–H and O–H groups in total. The lowest BCUT2D eigenvalue weighted by molar-refractivity contribution is 0.0961. The van der Waals surface area contributed by atoms with Gasteiger partial charge in [0.15, 0.2) is 5.78 Å². The predicted octanol–water partition coefficient (Wildman–Crippen LogP) is 2.84. The zero-order chi connectivity index (χ0) is 20.5. The minimum atomic E-state index is -0.462. The molecule has 1 fully saturated rings. The van der Waals surface area contributed by atoms with Gasteiger partial charge in [-0.1, -0.05) is 25.5 Å². The number of ketones is 1. The van der Waals surface area contributed by atoms with Crippen LogP contribution in [-0.4, -0.2) is 29.8 Å². The summed E-state index contributed by atoms with van der Waals surface area (Å²) in [6, 6.07) is 7.46. The van der Waals surface area contributed by atoms with Crippen LogP contribution in [0, 0.1) is 11.8 Å². The van der Waals surface area contributed by atoms with Crippen molar-refractivity contribution in [2.75, 3.05) is 18.9 Å². The van der Waals surface area contributed by atoms with Gasteiger partial charge in [-0.15, -0.1) is 0 Å². The van der Waals surface area contributed by atoms with Crippen molar-refractivity contribution < 1.29 is 9.59 Å². The maximum Gasteiger partial charge on any atom is 0.263 e. The largest absolute Gasteiger partial charge is 0.384 e. The lowest BCUT2D eigenvalue weighted by Gasteiger charge is -2.13. The van der Waals surface area contributed by atoms with Crippen molar-refractivity contribution in [3.63, 3.8) is 0 Å². The minimum absolute atomic E-state index is 0.00445. The molecular weight excluding hydrogens is 366 g/mol. The number of nitrogens with one attached hydrogen (secondary N) is 2. The van der Waals surface area contributed by atoms with E-state index in [4.69, 9.17) is 0 Å². The zero-order valence-corrected chi connectivity index (χ0v) is 17.0. The number of hydrogen-bond donors (Lipinski definition) is 2. The molecule has 2 atom stereocenters. The van der Waals surface area contributed by atoms with Crippen LogP contribution in [0.4, 0.5) is 5.69 Å². The first-order valence-corrected chi connectivity index (χ1v) is 10.4. The molecule has 29 heavy (non-hydrogen) atoms. The van der Waals surface area contributed by atoms with E-state index in [1.165, 1.54) is 23.2 Å². The number of benzene rings is 1. The molecule has 2 aliphatic rings. The molecular formula is C23H27N3O3. The van der Waals surface area contributed by atoms with Crippen LogP contribution in [0.3, 0.4) is 0 Å². The van der Waals surface area contributed by atoms with Crippen LogP contribution in [0.5, 0.6) is 0 Å². The molecule has 2 aromatic rings. The highest BCUT2D eigenvalue weighted by atomic mass is 16.2. The van der Waals surface area contributed by atoms with Crippen molar-refractivity contribution in [3.05, 3.63) is 63.1 Å². The van der Waals surface area contributed by atoms with Gasteiger partial charge >= 0.3 is 0 Å². The number of Topliss-reactive ketones (excluding diaryl/α,β-unsaturated/α-hetero) is 1. The lowest BCUT2D eigenvalue weighted by atomic mass is 10.0. The van der Waals surface area contributed by atoms with Crippen molar-refractivity contribution in [3.8, 4) is 0 Å². The Morgan fingerprint density at radius 1 is 1.28 bits per heavy atom. The van der Waals surface area contributed by atoms with Crippen molar-refractivity contribution in [1.82, 2.24) is 9.88 Å². The van der Waals surface area contributed by atoms with Gasteiger partial charge in [0, 0.05) is 37.5 Å². The molecule has 1 aliphatic carbocycles. The number of nitrogens with zero attached hydrogens (tertiary/aromatic N) is 1. The number of pyridine rings is 1. The standard InChI is InChI=1S/C23H27N3O3/c1-3-14-9-16(14)11-21(27)17-10-19(22(28)24-2)23(29)26(13-17)12-15-5-4-6-20-18(15)7-8-25-20/h4-6,10,13-14,16,25H,3,7-9,11-12H2,1-2H3,(H,24,28)/t14-,16+/m0/s1. The van der Waals surface area contributed by atoms with Crippen LogP contribution >= 0.6 is 0 Å². The van der Waals surface area contributed by atoms with Gasteiger partial charge in [-0.05, 0) is 47.9 Å². The van der Waals surface area contributed by atoms with Crippen molar-refractivity contribution in [2.45, 2.75) is 39.2 Å². The molecule has 0 saturated heterocycles. The molecule has 1 saturated carbocycles. The van der Waals surface area contributed by atoms with Crippen LogP contribution in [0.15, 0.2) is 35.3 Å². The Hall–Kier alpha value is -2.89. The predicted molar refractivity (Wildman–Crippen MR) is 113 cm³/mol. The van der Waals surface area contributed by atoms with E-state index in [1.807, 2.05) is 18.2 Å². The highest BCUT2D eigenvalue weighted by Gasteiger charge is 2.37. The molecule has 0 unspecified atom stereocenters. The summed E-state index contributed by atoms with van der Waals surface area (Å²) >= 11 is 0. The van der Waals surface area contributed by atoms with Crippen LogP contribution in [0.25, 0.3) is 0 Å². The molecule has 0 radical (unpaired) electrons. The Morgan fingerprint density at radius 3 is 2.83 bits per heavy atom. The number of amides is 1. The Balaban J connectivity index is 1.69. The number of fused-ring (bicyclic) bond motifs is 1. The van der Waals surface area contributed by atoms with E-state index in [1.54, 1.807) is 6.20 Å². The maximum absolute atomic E-state index is 13.0. The van der Waals surface area contributed by atoms with Gasteiger partial charge in [0.2, 0.25) is 0 Å². The molecule has 2 heterocycles. The zero-order valence-electron chi connectivity index (χ0n) is 17.0. The second kappa shape index (κ2) is 7.85. The molecule has 152 valence electrons. The highest BCUT2D eigenvalue weighted by molar-refractivity contribution is 6.00. The first kappa shape index (κ1) is 19.4. The Morgan fingerprint density at radius 2 is 2.10 bits per heavy atom. The molecule has 1 amide bonds. The summed E-state index contributed by atoms with van der Waals surface area (Å²) < 4.78 is 1.51. The molecule has 1 aromatic heterocycles. The van der Waals surface area contributed by atoms with Gasteiger partial charge in [-0.3, -0.25) is 14.4 Å². The second-order valence-corrected chi connectivity index (χ2v) is 8.07. The summed E-state index contributed by atoms with van der Waals surface area (Å²) in [6.07, 6.45) is 5.19. The first-order valence-electron chi connectivity index (χ1n) is 10.4. The van der Waals surface area contributed by atoms with E-state index in [-0.39, 0.29) is 16.9 Å². The summed E-state index contributed by atoms with van der Waals surface area (Å²) in [5, 5.41) is 5.86. The quantitative estimate of drug-likeness (QED) is 0.709. The summed E-state index contributed by atoms with van der Waals surface area (Å²) in [5.41, 5.74) is 3.41. The molecule has 0 bridgehead atoms. The fourth-order valence-electron chi connectivity index (χ4n) is 4.37. The number of anilines is 1. The summed E-state index contributed by atoms with van der Waals surface area (Å²) in [4.78, 5) is 38.1. The van der Waals surface area contributed by atoms with Gasteiger partial charge in [-0.25, -0.2) is 0 Å². The van der Waals surface area contributed by atoms with Crippen molar-refractivity contribution >= 4 is 17.4 Å². The molecule has 6 heteroatoms. The molecule has 1 aliphatic heterocycles. The smallest absolute Gasteiger partial charge is 0.263 e. The van der Waals surface area contributed by atoms with E-state index in [2.05, 4.69) is 17.6 Å². The molecule has 1 aromatic carbocycles. The fourth-order valence-corrected chi connectivity index (χ4v) is 4.37. The van der Waals surface area contributed by atoms with E-state index in [0.717, 1.165) is 37.1 Å². The van der Waals surface area contributed by atoms with Gasteiger partial charge in [0.25, 0.3) is 11.5 Å². The van der Waals surface area contributed by atoms with Crippen LogP contribution in [0.1, 0.15) is 58.0 Å². The Kier molecular flexibility index (Phi) is 5.26. The maximum atomic E-state index is 13.0. The molecule has 4 rings (SSSR count). The Bertz CT molecular complexity index is 1020. The first-order chi connectivity index (χ1) is 14.0. The number of hydrogen-bond acceptors (Lipinski definition) is 4. The summed E-state index contributed by atoms with van der Waals surface area (Å²) in [7, 11) is 1.49. The second-order valence-electron chi connectivity index (χ2n) is 8.07. The molecule has 0 spiro atoms.